The van der Waals surface area contributed by atoms with Crippen LogP contribution in [0.2, 0.25) is 0 Å². The van der Waals surface area contributed by atoms with Crippen molar-refractivity contribution in [3.63, 3.8) is 0 Å². The first-order chi connectivity index (χ1) is 9.61. The summed E-state index contributed by atoms with van der Waals surface area (Å²) in [4.78, 5) is 30.0. The summed E-state index contributed by atoms with van der Waals surface area (Å²) in [6.07, 6.45) is 1.72. The number of hydrogen-bond donors (Lipinski definition) is 3. The van der Waals surface area contributed by atoms with Gasteiger partial charge in [0.25, 0.3) is 0 Å². The fourth-order valence-corrected chi connectivity index (χ4v) is 2.50. The number of fused-ring (bicyclic) bond motifs is 1. The van der Waals surface area contributed by atoms with Gasteiger partial charge < -0.3 is 20.0 Å². The zero-order valence-electron chi connectivity index (χ0n) is 11.1. The Morgan fingerprint density at radius 3 is 2.80 bits per heavy atom. The van der Waals surface area contributed by atoms with Crippen molar-refractivity contribution in [2.24, 2.45) is 0 Å². The van der Waals surface area contributed by atoms with Gasteiger partial charge in [-0.05, 0) is 30.5 Å². The number of nitrogens with one attached hydrogen (secondary N) is 2. The summed E-state index contributed by atoms with van der Waals surface area (Å²) in [6.45, 7) is 0.935. The summed E-state index contributed by atoms with van der Waals surface area (Å²) in [6, 6.07) is 5.77. The molecule has 2 heterocycles. The van der Waals surface area contributed by atoms with E-state index in [0.717, 1.165) is 29.4 Å². The predicted molar refractivity (Wildman–Crippen MR) is 74.4 cm³/mol. The van der Waals surface area contributed by atoms with E-state index in [1.165, 1.54) is 0 Å². The Bertz CT molecular complexity index is 682. The molecule has 0 saturated carbocycles. The second-order valence-electron chi connectivity index (χ2n) is 5.27. The topological polar surface area (TPSA) is 89.2 Å². The average Bonchev–Trinajstić information content (AvgIpc) is 2.74. The molecule has 106 valence electrons. The molecule has 1 aromatic carbocycles. The summed E-state index contributed by atoms with van der Waals surface area (Å²) in [5.74, 6) is 0.103. The normalized spacial score (nSPS) is 15.6. The van der Waals surface area contributed by atoms with E-state index in [0.29, 0.717) is 19.5 Å². The molecule has 6 nitrogen and oxygen atoms in total. The number of H-pyrrole nitrogens is 2. The number of carbonyl (C=O) groups excluding carboxylic acids is 1. The molecule has 1 amide bonds. The lowest BCUT2D eigenvalue weighted by atomic mass is 10.1. The molecule has 0 aliphatic carbocycles. The van der Waals surface area contributed by atoms with Crippen LogP contribution in [-0.4, -0.2) is 45.1 Å². The summed E-state index contributed by atoms with van der Waals surface area (Å²) < 4.78 is 0. The van der Waals surface area contributed by atoms with E-state index in [1.807, 2.05) is 18.2 Å². The molecule has 3 rings (SSSR count). The summed E-state index contributed by atoms with van der Waals surface area (Å²) in [7, 11) is 0. The first kappa shape index (κ1) is 12.9. The summed E-state index contributed by atoms with van der Waals surface area (Å²) in [5, 5.41) is 9.15. The number of amides is 1. The van der Waals surface area contributed by atoms with Crippen LogP contribution in [0.3, 0.4) is 0 Å². The molecule has 0 atom stereocenters. The van der Waals surface area contributed by atoms with Crippen molar-refractivity contribution in [3.05, 3.63) is 34.2 Å². The first-order valence-electron chi connectivity index (χ1n) is 6.78. The maximum Gasteiger partial charge on any atom is 0.323 e. The number of benzene rings is 1. The number of rotatable bonds is 4. The van der Waals surface area contributed by atoms with Gasteiger partial charge in [0.15, 0.2) is 0 Å². The number of aromatic amines is 2. The Morgan fingerprint density at radius 2 is 2.05 bits per heavy atom. The maximum absolute atomic E-state index is 11.7. The molecule has 6 heteroatoms. The minimum Gasteiger partial charge on any atom is -0.389 e. The average molecular weight is 275 g/mol. The van der Waals surface area contributed by atoms with Crippen molar-refractivity contribution in [2.75, 3.05) is 13.1 Å². The number of β-amino-alcohol motifs (C(OH)–C–C–N with tert-alkyl or cyclic N) is 1. The Kier molecular flexibility index (Phi) is 3.31. The van der Waals surface area contributed by atoms with E-state index >= 15 is 0 Å². The highest BCUT2D eigenvalue weighted by Gasteiger charge is 2.27. The minimum atomic E-state index is -0.341. The van der Waals surface area contributed by atoms with Crippen LogP contribution in [0, 0.1) is 0 Å². The van der Waals surface area contributed by atoms with E-state index in [1.54, 1.807) is 4.90 Å². The Labute approximate surface area is 115 Å². The lowest BCUT2D eigenvalue weighted by Gasteiger charge is -2.35. The molecule has 1 aromatic heterocycles. The number of imidazole rings is 1. The van der Waals surface area contributed by atoms with E-state index in [9.17, 15) is 9.59 Å². The third-order valence-electron chi connectivity index (χ3n) is 3.65. The van der Waals surface area contributed by atoms with E-state index < -0.39 is 0 Å². The SMILES string of the molecule is O=C(CCCc1ccc2[nH]c(=O)[nH]c2c1)N1CC(O)C1. The van der Waals surface area contributed by atoms with Crippen molar-refractivity contribution in [1.29, 1.82) is 0 Å². The van der Waals surface area contributed by atoms with Crippen LogP contribution < -0.4 is 5.69 Å². The Balaban J connectivity index is 1.54. The van der Waals surface area contributed by atoms with Gasteiger partial charge >= 0.3 is 5.69 Å². The third kappa shape index (κ3) is 2.60. The van der Waals surface area contributed by atoms with Gasteiger partial charge in [-0.15, -0.1) is 0 Å². The Hall–Kier alpha value is -2.08. The highest BCUT2D eigenvalue weighted by Crippen LogP contribution is 2.14. The highest BCUT2D eigenvalue weighted by molar-refractivity contribution is 5.77. The molecule has 0 spiro atoms. The van der Waals surface area contributed by atoms with Crippen LogP contribution in [0.1, 0.15) is 18.4 Å². The predicted octanol–water partition coefficient (Wildman–Crippen LogP) is 0.382. The van der Waals surface area contributed by atoms with Crippen molar-refractivity contribution in [1.82, 2.24) is 14.9 Å². The van der Waals surface area contributed by atoms with Gasteiger partial charge in [0, 0.05) is 19.5 Å². The van der Waals surface area contributed by atoms with Crippen molar-refractivity contribution in [2.45, 2.75) is 25.4 Å². The number of aromatic nitrogens is 2. The summed E-state index contributed by atoms with van der Waals surface area (Å²) >= 11 is 0. The standard InChI is InChI=1S/C14H17N3O3/c18-10-7-17(8-10)13(19)3-1-2-9-4-5-11-12(6-9)16-14(20)15-11/h4-6,10,18H,1-3,7-8H2,(H2,15,16,20). The molecule has 20 heavy (non-hydrogen) atoms. The number of aliphatic hydroxyl groups excluding tert-OH is 1. The van der Waals surface area contributed by atoms with Gasteiger partial charge in [-0.3, -0.25) is 4.79 Å². The fourth-order valence-electron chi connectivity index (χ4n) is 2.50. The van der Waals surface area contributed by atoms with E-state index in [4.69, 9.17) is 5.11 Å². The molecule has 1 saturated heterocycles. The molecule has 0 radical (unpaired) electrons. The molecular formula is C14H17N3O3. The smallest absolute Gasteiger partial charge is 0.323 e. The van der Waals surface area contributed by atoms with Crippen LogP contribution in [0.4, 0.5) is 0 Å². The molecule has 0 bridgehead atoms. The number of nitrogens with zero attached hydrogens (tertiary/aromatic N) is 1. The van der Waals surface area contributed by atoms with Gasteiger partial charge in [0.1, 0.15) is 0 Å². The number of likely N-dealkylation sites (tertiary alicyclic amines) is 1. The second kappa shape index (κ2) is 5.13. The second-order valence-corrected chi connectivity index (χ2v) is 5.27. The zero-order chi connectivity index (χ0) is 14.1. The van der Waals surface area contributed by atoms with E-state index in [2.05, 4.69) is 9.97 Å². The van der Waals surface area contributed by atoms with Crippen molar-refractivity contribution >= 4 is 16.9 Å². The molecule has 1 fully saturated rings. The van der Waals surface area contributed by atoms with Crippen molar-refractivity contribution in [3.8, 4) is 0 Å². The van der Waals surface area contributed by atoms with Crippen LogP contribution in [0.15, 0.2) is 23.0 Å². The fraction of sp³-hybridized carbons (Fsp3) is 0.429. The van der Waals surface area contributed by atoms with Crippen LogP contribution >= 0.6 is 0 Å². The molecule has 0 unspecified atom stereocenters. The molecule has 2 aromatic rings. The minimum absolute atomic E-state index is 0.103. The van der Waals surface area contributed by atoms with Gasteiger partial charge in [-0.25, -0.2) is 4.79 Å². The maximum atomic E-state index is 11.7. The van der Waals surface area contributed by atoms with Gasteiger partial charge in [0.05, 0.1) is 17.1 Å². The first-order valence-corrected chi connectivity index (χ1v) is 6.78. The number of aliphatic hydroxyl groups is 1. The number of hydrogen-bond acceptors (Lipinski definition) is 3. The lowest BCUT2D eigenvalue weighted by Crippen LogP contribution is -2.53. The highest BCUT2D eigenvalue weighted by atomic mass is 16.3. The van der Waals surface area contributed by atoms with Gasteiger partial charge in [-0.2, -0.15) is 0 Å². The van der Waals surface area contributed by atoms with Crippen molar-refractivity contribution < 1.29 is 9.90 Å². The van der Waals surface area contributed by atoms with Crippen LogP contribution in [0.25, 0.3) is 11.0 Å². The quantitative estimate of drug-likeness (QED) is 0.753. The van der Waals surface area contributed by atoms with Gasteiger partial charge in [0.2, 0.25) is 5.91 Å². The third-order valence-corrected chi connectivity index (χ3v) is 3.65. The lowest BCUT2D eigenvalue weighted by molar-refractivity contribution is -0.141. The van der Waals surface area contributed by atoms with E-state index in [-0.39, 0.29) is 17.7 Å². The monoisotopic (exact) mass is 275 g/mol. The number of aryl methyl sites for hydroxylation is 1. The van der Waals surface area contributed by atoms with Gasteiger partial charge in [-0.1, -0.05) is 6.07 Å². The molecule has 1 aliphatic rings. The largest absolute Gasteiger partial charge is 0.389 e. The molecular weight excluding hydrogens is 258 g/mol. The van der Waals surface area contributed by atoms with Crippen LogP contribution in [-0.2, 0) is 11.2 Å². The molecule has 3 N–H and O–H groups in total. The van der Waals surface area contributed by atoms with Crippen LogP contribution in [0.5, 0.6) is 0 Å². The summed E-state index contributed by atoms with van der Waals surface area (Å²) in [5.41, 5.74) is 2.49. The number of carbonyl (C=O) groups is 1. The Morgan fingerprint density at radius 1 is 1.30 bits per heavy atom. The molecule has 1 aliphatic heterocycles. The zero-order valence-corrected chi connectivity index (χ0v) is 11.1.